The van der Waals surface area contributed by atoms with Crippen LogP contribution >= 0.6 is 0 Å². The predicted octanol–water partition coefficient (Wildman–Crippen LogP) is 8.78. The molecule has 6 N–H and O–H groups in total. The summed E-state index contributed by atoms with van der Waals surface area (Å²) < 4.78 is 94.5. The first kappa shape index (κ1) is 38.5. The van der Waals surface area contributed by atoms with Gasteiger partial charge in [0.15, 0.2) is 0 Å². The Balaban J connectivity index is 1.36. The van der Waals surface area contributed by atoms with Crippen LogP contribution in [0.4, 0.5) is 43.4 Å². The highest BCUT2D eigenvalue weighted by Crippen LogP contribution is 2.57. The topological polar surface area (TPSA) is 157 Å². The highest BCUT2D eigenvalue weighted by molar-refractivity contribution is 6.06. The Morgan fingerprint density at radius 3 is 1.30 bits per heavy atom. The molecule has 0 aliphatic carbocycles. The molecule has 0 heterocycles. The van der Waals surface area contributed by atoms with Crippen molar-refractivity contribution in [1.29, 1.82) is 0 Å². The van der Waals surface area contributed by atoms with Crippen molar-refractivity contribution in [2.75, 3.05) is 16.0 Å². The van der Waals surface area contributed by atoms with Crippen LogP contribution in [-0.4, -0.2) is 45.4 Å². The largest absolute Gasteiger partial charge is 0.506 e. The van der Waals surface area contributed by atoms with Gasteiger partial charge in [-0.2, -0.15) is 26.3 Å². The lowest BCUT2D eigenvalue weighted by molar-refractivity contribution is -0.288. The van der Waals surface area contributed by atoms with Crippen LogP contribution in [-0.2, 0) is 10.2 Å². The maximum Gasteiger partial charge on any atom is 0.411 e. The predicted molar refractivity (Wildman–Crippen MR) is 185 cm³/mol. The van der Waals surface area contributed by atoms with E-state index in [-0.39, 0.29) is 28.3 Å². The minimum Gasteiger partial charge on any atom is -0.506 e. The number of amides is 3. The van der Waals surface area contributed by atoms with Crippen LogP contribution in [0.3, 0.4) is 0 Å². The molecule has 16 heteroatoms. The third kappa shape index (κ3) is 7.86. The highest BCUT2D eigenvalue weighted by Gasteiger charge is 2.72. The van der Waals surface area contributed by atoms with Gasteiger partial charge in [0.25, 0.3) is 11.8 Å². The molecular formula is C38H29F6N3O7. The first-order valence-electron chi connectivity index (χ1n) is 15.7. The van der Waals surface area contributed by atoms with Crippen molar-refractivity contribution in [2.45, 2.75) is 31.6 Å². The number of carbonyl (C=O) groups excluding carboxylic acids is 3. The molecule has 0 bridgehead atoms. The summed E-state index contributed by atoms with van der Waals surface area (Å²) in [4.78, 5) is 37.3. The fourth-order valence-electron chi connectivity index (χ4n) is 5.53. The van der Waals surface area contributed by atoms with Crippen molar-refractivity contribution >= 4 is 34.8 Å². The molecule has 0 aromatic heterocycles. The summed E-state index contributed by atoms with van der Waals surface area (Å²) in [5.41, 5.74) is -7.90. The lowest BCUT2D eigenvalue weighted by Gasteiger charge is -2.38. The monoisotopic (exact) mass is 753 g/mol. The van der Waals surface area contributed by atoms with Gasteiger partial charge >= 0.3 is 12.4 Å². The second-order valence-corrected chi connectivity index (χ2v) is 12.0. The zero-order chi connectivity index (χ0) is 39.6. The van der Waals surface area contributed by atoms with E-state index < -0.39 is 69.5 Å². The van der Waals surface area contributed by atoms with Gasteiger partial charge in [-0.05, 0) is 109 Å². The van der Waals surface area contributed by atoms with Gasteiger partial charge in [-0.15, -0.1) is 0 Å². The molecule has 0 aliphatic heterocycles. The molecule has 0 unspecified atom stereocenters. The van der Waals surface area contributed by atoms with Gasteiger partial charge in [-0.1, -0.05) is 18.2 Å². The summed E-state index contributed by atoms with van der Waals surface area (Å²) in [6.07, 6.45) is -12.1. The number of benzene rings is 5. The number of aryl methyl sites for hydroxylation is 1. The van der Waals surface area contributed by atoms with Crippen LogP contribution in [0.5, 0.6) is 28.7 Å². The summed E-state index contributed by atoms with van der Waals surface area (Å²) in [6, 6.07) is 18.5. The molecule has 0 spiro atoms. The van der Waals surface area contributed by atoms with Crippen molar-refractivity contribution in [3.8, 4) is 28.7 Å². The summed E-state index contributed by atoms with van der Waals surface area (Å²) in [5, 5.41) is 37.1. The molecule has 54 heavy (non-hydrogen) atoms. The molecule has 5 rings (SSSR count). The van der Waals surface area contributed by atoms with Crippen LogP contribution in [0.15, 0.2) is 103 Å². The standard InChI is InChI=1S/C38H29F6N3O7/c1-20-3-14-31(49)28(17-20)46-34(52)22-4-10-26(11-5-22)54-27-12-6-23(7-13-27)35(53)47-30-19-25(9-16-33(30)51)36(37(39,40)41,38(42,43)44)24-8-15-32(50)29(18-24)45-21(2)48/h3-19,49-51H,1-2H3,(H,45,48)(H,46,52)(H,47,53). The Labute approximate surface area is 302 Å². The molecule has 0 fully saturated rings. The molecule has 0 saturated heterocycles. The first-order valence-corrected chi connectivity index (χ1v) is 15.7. The van der Waals surface area contributed by atoms with E-state index in [4.69, 9.17) is 4.74 Å². The number of ether oxygens (including phenoxy) is 1. The molecule has 0 aliphatic rings. The number of aromatic hydroxyl groups is 3. The van der Waals surface area contributed by atoms with Crippen LogP contribution in [0.1, 0.15) is 44.3 Å². The molecule has 3 amide bonds. The average Bonchev–Trinajstić information content (AvgIpc) is 3.08. The van der Waals surface area contributed by atoms with Crippen molar-refractivity contribution in [3.63, 3.8) is 0 Å². The lowest BCUT2D eigenvalue weighted by atomic mass is 9.72. The normalized spacial score (nSPS) is 11.8. The van der Waals surface area contributed by atoms with Gasteiger partial charge in [-0.3, -0.25) is 14.4 Å². The van der Waals surface area contributed by atoms with E-state index in [1.807, 2.05) is 5.32 Å². The second-order valence-electron chi connectivity index (χ2n) is 12.0. The van der Waals surface area contributed by atoms with Crippen LogP contribution in [0.25, 0.3) is 0 Å². The number of anilines is 3. The van der Waals surface area contributed by atoms with Gasteiger partial charge in [0.2, 0.25) is 11.3 Å². The van der Waals surface area contributed by atoms with E-state index in [2.05, 4.69) is 10.6 Å². The lowest BCUT2D eigenvalue weighted by Crippen LogP contribution is -2.54. The molecule has 0 atom stereocenters. The van der Waals surface area contributed by atoms with Crippen LogP contribution in [0.2, 0.25) is 0 Å². The van der Waals surface area contributed by atoms with Crippen molar-refractivity contribution in [1.82, 2.24) is 0 Å². The number of rotatable bonds is 9. The van der Waals surface area contributed by atoms with Gasteiger partial charge in [0.05, 0.1) is 17.1 Å². The molecular weight excluding hydrogens is 724 g/mol. The van der Waals surface area contributed by atoms with Gasteiger partial charge in [0, 0.05) is 18.1 Å². The molecule has 5 aromatic carbocycles. The number of phenols is 3. The minimum atomic E-state index is -6.07. The maximum atomic E-state index is 14.8. The van der Waals surface area contributed by atoms with Crippen molar-refractivity contribution in [3.05, 3.63) is 131 Å². The summed E-state index contributed by atoms with van der Waals surface area (Å²) in [7, 11) is 0. The van der Waals surface area contributed by atoms with E-state index in [1.54, 1.807) is 19.1 Å². The van der Waals surface area contributed by atoms with Gasteiger partial charge in [-0.25, -0.2) is 0 Å². The van der Waals surface area contributed by atoms with Crippen molar-refractivity contribution < 1.29 is 60.8 Å². The van der Waals surface area contributed by atoms with Gasteiger partial charge < -0.3 is 36.0 Å². The zero-order valence-electron chi connectivity index (χ0n) is 28.1. The SMILES string of the molecule is CC(=O)Nc1cc(C(c2ccc(O)c(NC(=O)c3ccc(Oc4ccc(C(=O)Nc5cc(C)ccc5O)cc4)cc3)c2)(C(F)(F)F)C(F)(F)F)ccc1O. The Morgan fingerprint density at radius 2 is 0.907 bits per heavy atom. The summed E-state index contributed by atoms with van der Waals surface area (Å²) in [6.45, 7) is 2.73. The van der Waals surface area contributed by atoms with E-state index in [0.29, 0.717) is 42.1 Å². The third-order valence-corrected chi connectivity index (χ3v) is 8.14. The Morgan fingerprint density at radius 1 is 0.537 bits per heavy atom. The van der Waals surface area contributed by atoms with E-state index >= 15 is 0 Å². The Bertz CT molecular complexity index is 2210. The van der Waals surface area contributed by atoms with E-state index in [9.17, 15) is 56.0 Å². The van der Waals surface area contributed by atoms with E-state index in [0.717, 1.165) is 12.5 Å². The minimum absolute atomic E-state index is 0.105. The fraction of sp³-hybridized carbons (Fsp3) is 0.132. The Hall–Kier alpha value is -6.71. The second kappa shape index (κ2) is 14.7. The molecule has 280 valence electrons. The number of hydrogen-bond acceptors (Lipinski definition) is 7. The fourth-order valence-corrected chi connectivity index (χ4v) is 5.53. The number of alkyl halides is 6. The maximum absolute atomic E-state index is 14.8. The Kier molecular flexibility index (Phi) is 10.5. The average molecular weight is 754 g/mol. The quantitative estimate of drug-likeness (QED) is 0.0649. The molecule has 5 aromatic rings. The first-order chi connectivity index (χ1) is 25.3. The smallest absolute Gasteiger partial charge is 0.411 e. The van der Waals surface area contributed by atoms with E-state index in [1.165, 1.54) is 54.6 Å². The summed E-state index contributed by atoms with van der Waals surface area (Å²) >= 11 is 0. The van der Waals surface area contributed by atoms with Crippen LogP contribution < -0.4 is 20.7 Å². The number of nitrogens with one attached hydrogen (secondary N) is 3. The number of halogens is 6. The number of phenolic OH excluding ortho intramolecular Hbond substituents is 3. The number of hydrogen-bond donors (Lipinski definition) is 6. The number of carbonyl (C=O) groups is 3. The highest BCUT2D eigenvalue weighted by atomic mass is 19.4. The van der Waals surface area contributed by atoms with Gasteiger partial charge in [0.1, 0.15) is 28.7 Å². The molecule has 10 nitrogen and oxygen atoms in total. The van der Waals surface area contributed by atoms with Crippen molar-refractivity contribution in [2.24, 2.45) is 0 Å². The molecule has 0 radical (unpaired) electrons. The summed E-state index contributed by atoms with van der Waals surface area (Å²) in [5.74, 6) is -3.61. The third-order valence-electron chi connectivity index (χ3n) is 8.14. The van der Waals surface area contributed by atoms with Crippen LogP contribution in [0, 0.1) is 6.92 Å². The zero-order valence-corrected chi connectivity index (χ0v) is 28.1. The molecule has 0 saturated carbocycles.